The van der Waals surface area contributed by atoms with Gasteiger partial charge in [-0.2, -0.15) is 0 Å². The zero-order chi connectivity index (χ0) is 19.1. The normalized spacial score (nSPS) is 10.6. The molecule has 5 nitrogen and oxygen atoms in total. The largest absolute Gasteiger partial charge is 0.494 e. The predicted octanol–water partition coefficient (Wildman–Crippen LogP) is 3.85. The van der Waals surface area contributed by atoms with Crippen LogP contribution in [0.25, 0.3) is 10.6 Å². The molecule has 0 aliphatic rings. The summed E-state index contributed by atoms with van der Waals surface area (Å²) in [5.74, 6) is 0.914. The summed E-state index contributed by atoms with van der Waals surface area (Å²) in [6, 6.07) is 13.7. The van der Waals surface area contributed by atoms with Gasteiger partial charge in [0.1, 0.15) is 10.8 Å². The van der Waals surface area contributed by atoms with Crippen LogP contribution in [0.5, 0.6) is 5.75 Å². The summed E-state index contributed by atoms with van der Waals surface area (Å²) >= 11 is 1.55. The standard InChI is InChI=1S/C21H23N3O2S/c1-3-26-19-9-7-16(8-10-19)21-23-18(15-27-21)14-20(25)24(2)13-11-17-6-4-5-12-22-17/h4-10,12,15H,3,11,13-14H2,1-2H3. The molecule has 0 spiro atoms. The summed E-state index contributed by atoms with van der Waals surface area (Å²) in [7, 11) is 1.82. The summed E-state index contributed by atoms with van der Waals surface area (Å²) in [4.78, 5) is 23.1. The monoisotopic (exact) mass is 381 g/mol. The molecule has 3 aromatic rings. The first-order chi connectivity index (χ1) is 13.2. The topological polar surface area (TPSA) is 55.3 Å². The molecule has 0 unspecified atom stereocenters. The second kappa shape index (κ2) is 9.28. The van der Waals surface area contributed by atoms with E-state index in [-0.39, 0.29) is 5.91 Å². The molecule has 0 bridgehead atoms. The van der Waals surface area contributed by atoms with Gasteiger partial charge in [-0.1, -0.05) is 6.07 Å². The second-order valence-corrected chi connectivity index (χ2v) is 7.02. The molecular weight excluding hydrogens is 358 g/mol. The first kappa shape index (κ1) is 19.0. The minimum atomic E-state index is 0.0643. The number of benzene rings is 1. The van der Waals surface area contributed by atoms with Crippen molar-refractivity contribution in [1.29, 1.82) is 0 Å². The molecule has 6 heteroatoms. The van der Waals surface area contributed by atoms with Crippen molar-refractivity contribution >= 4 is 17.2 Å². The maximum atomic E-state index is 12.4. The van der Waals surface area contributed by atoms with Crippen LogP contribution < -0.4 is 4.74 Å². The smallest absolute Gasteiger partial charge is 0.228 e. The number of carbonyl (C=O) groups excluding carboxylic acids is 1. The zero-order valence-electron chi connectivity index (χ0n) is 15.6. The summed E-state index contributed by atoms with van der Waals surface area (Å²) in [6.45, 7) is 3.26. The van der Waals surface area contributed by atoms with Crippen molar-refractivity contribution in [2.45, 2.75) is 19.8 Å². The Hall–Kier alpha value is -2.73. The van der Waals surface area contributed by atoms with Gasteiger partial charge in [-0.15, -0.1) is 11.3 Å². The third-order valence-electron chi connectivity index (χ3n) is 4.15. The highest BCUT2D eigenvalue weighted by molar-refractivity contribution is 7.13. The van der Waals surface area contributed by atoms with Crippen LogP contribution in [0.4, 0.5) is 0 Å². The number of likely N-dealkylation sites (N-methyl/N-ethyl adjacent to an activating group) is 1. The number of amides is 1. The van der Waals surface area contributed by atoms with E-state index in [4.69, 9.17) is 4.74 Å². The highest BCUT2D eigenvalue weighted by Gasteiger charge is 2.13. The minimum Gasteiger partial charge on any atom is -0.494 e. The molecule has 1 aromatic carbocycles. The molecule has 1 amide bonds. The Morgan fingerprint density at radius 3 is 2.67 bits per heavy atom. The van der Waals surface area contributed by atoms with Crippen LogP contribution in [-0.4, -0.2) is 41.0 Å². The van der Waals surface area contributed by atoms with Gasteiger partial charge in [0.2, 0.25) is 5.91 Å². The van der Waals surface area contributed by atoms with Crippen LogP contribution >= 0.6 is 11.3 Å². The van der Waals surface area contributed by atoms with Crippen molar-refractivity contribution in [3.63, 3.8) is 0 Å². The number of thiazole rings is 1. The predicted molar refractivity (Wildman–Crippen MR) is 108 cm³/mol. The first-order valence-corrected chi connectivity index (χ1v) is 9.85. The van der Waals surface area contributed by atoms with Gasteiger partial charge in [0.15, 0.2) is 0 Å². The third-order valence-corrected chi connectivity index (χ3v) is 5.09. The quantitative estimate of drug-likeness (QED) is 0.595. The summed E-state index contributed by atoms with van der Waals surface area (Å²) in [6.07, 6.45) is 2.83. The highest BCUT2D eigenvalue weighted by atomic mass is 32.1. The van der Waals surface area contributed by atoms with Crippen LogP contribution in [0.2, 0.25) is 0 Å². The molecule has 2 aromatic heterocycles. The van der Waals surface area contributed by atoms with E-state index in [1.807, 2.05) is 61.8 Å². The van der Waals surface area contributed by atoms with E-state index < -0.39 is 0 Å². The Balaban J connectivity index is 1.55. The molecule has 27 heavy (non-hydrogen) atoms. The van der Waals surface area contributed by atoms with Gasteiger partial charge in [0, 0.05) is 42.8 Å². The molecule has 3 rings (SSSR count). The maximum absolute atomic E-state index is 12.4. The number of nitrogens with zero attached hydrogens (tertiary/aromatic N) is 3. The fourth-order valence-electron chi connectivity index (χ4n) is 2.62. The second-order valence-electron chi connectivity index (χ2n) is 6.16. The summed E-state index contributed by atoms with van der Waals surface area (Å²) in [5, 5.41) is 2.87. The van der Waals surface area contributed by atoms with Crippen molar-refractivity contribution in [3.8, 4) is 16.3 Å². The zero-order valence-corrected chi connectivity index (χ0v) is 16.4. The van der Waals surface area contributed by atoms with Gasteiger partial charge in [-0.05, 0) is 43.3 Å². The third kappa shape index (κ3) is 5.37. The average Bonchev–Trinajstić information content (AvgIpc) is 3.16. The molecular formula is C21H23N3O2S. The SMILES string of the molecule is CCOc1ccc(-c2nc(CC(=O)N(C)CCc3ccccn3)cs2)cc1. The Morgan fingerprint density at radius 1 is 1.15 bits per heavy atom. The van der Waals surface area contributed by atoms with Crippen LogP contribution in [0.15, 0.2) is 54.0 Å². The molecule has 0 saturated heterocycles. The average molecular weight is 382 g/mol. The van der Waals surface area contributed by atoms with E-state index in [0.717, 1.165) is 34.1 Å². The van der Waals surface area contributed by atoms with Crippen LogP contribution in [-0.2, 0) is 17.6 Å². The minimum absolute atomic E-state index is 0.0643. The number of aromatic nitrogens is 2. The molecule has 2 heterocycles. The number of hydrogen-bond donors (Lipinski definition) is 0. The summed E-state index contributed by atoms with van der Waals surface area (Å²) < 4.78 is 5.46. The molecule has 0 N–H and O–H groups in total. The van der Waals surface area contributed by atoms with Crippen molar-refractivity contribution in [2.24, 2.45) is 0 Å². The van der Waals surface area contributed by atoms with E-state index >= 15 is 0 Å². The van der Waals surface area contributed by atoms with E-state index in [1.54, 1.807) is 22.4 Å². The van der Waals surface area contributed by atoms with Crippen molar-refractivity contribution < 1.29 is 9.53 Å². The Labute approximate surface area is 163 Å². The first-order valence-electron chi connectivity index (χ1n) is 8.97. The number of ether oxygens (including phenoxy) is 1. The fourth-order valence-corrected chi connectivity index (χ4v) is 3.45. The van der Waals surface area contributed by atoms with Gasteiger partial charge >= 0.3 is 0 Å². The van der Waals surface area contributed by atoms with Gasteiger partial charge in [-0.25, -0.2) is 4.98 Å². The van der Waals surface area contributed by atoms with Gasteiger partial charge in [0.05, 0.1) is 18.7 Å². The van der Waals surface area contributed by atoms with Gasteiger partial charge < -0.3 is 9.64 Å². The van der Waals surface area contributed by atoms with Gasteiger partial charge in [0.25, 0.3) is 0 Å². The highest BCUT2D eigenvalue weighted by Crippen LogP contribution is 2.26. The Morgan fingerprint density at radius 2 is 1.96 bits per heavy atom. The van der Waals surface area contributed by atoms with Crippen molar-refractivity contribution in [3.05, 3.63) is 65.4 Å². The number of pyridine rings is 1. The summed E-state index contributed by atoms with van der Waals surface area (Å²) in [5.41, 5.74) is 2.83. The van der Waals surface area contributed by atoms with Crippen LogP contribution in [0.1, 0.15) is 18.3 Å². The van der Waals surface area contributed by atoms with E-state index in [0.29, 0.717) is 19.6 Å². The lowest BCUT2D eigenvalue weighted by molar-refractivity contribution is -0.129. The number of carbonyl (C=O) groups is 1. The van der Waals surface area contributed by atoms with Gasteiger partial charge in [-0.3, -0.25) is 9.78 Å². The lowest BCUT2D eigenvalue weighted by Crippen LogP contribution is -2.30. The van der Waals surface area contributed by atoms with Crippen LogP contribution in [0.3, 0.4) is 0 Å². The van der Waals surface area contributed by atoms with Crippen molar-refractivity contribution in [2.75, 3.05) is 20.2 Å². The molecule has 0 saturated carbocycles. The molecule has 0 fully saturated rings. The Kier molecular flexibility index (Phi) is 6.54. The van der Waals surface area contributed by atoms with Crippen molar-refractivity contribution in [1.82, 2.24) is 14.9 Å². The lowest BCUT2D eigenvalue weighted by atomic mass is 10.2. The maximum Gasteiger partial charge on any atom is 0.228 e. The van der Waals surface area contributed by atoms with E-state index in [9.17, 15) is 4.79 Å². The molecule has 0 aliphatic carbocycles. The Bertz CT molecular complexity index is 863. The number of hydrogen-bond acceptors (Lipinski definition) is 5. The lowest BCUT2D eigenvalue weighted by Gasteiger charge is -2.16. The van der Waals surface area contributed by atoms with E-state index in [1.165, 1.54) is 0 Å². The number of rotatable bonds is 8. The molecule has 140 valence electrons. The van der Waals surface area contributed by atoms with Crippen LogP contribution in [0, 0.1) is 0 Å². The fraction of sp³-hybridized carbons (Fsp3) is 0.286. The van der Waals surface area contributed by atoms with E-state index in [2.05, 4.69) is 9.97 Å². The molecule has 0 radical (unpaired) electrons. The molecule has 0 aliphatic heterocycles. The molecule has 0 atom stereocenters.